The molecule has 0 bridgehead atoms. The molecule has 0 amide bonds. The van der Waals surface area contributed by atoms with E-state index in [-0.39, 0.29) is 12.0 Å². The normalized spacial score (nSPS) is 27.5. The molecule has 6 nitrogen and oxygen atoms in total. The largest absolute Gasteiger partial charge is 0.393 e. The second-order valence-corrected chi connectivity index (χ2v) is 8.67. The summed E-state index contributed by atoms with van der Waals surface area (Å²) in [5.74, 6) is -0.0339. The van der Waals surface area contributed by atoms with E-state index >= 15 is 0 Å². The second-order valence-electron chi connectivity index (χ2n) is 6.69. The van der Waals surface area contributed by atoms with Crippen LogP contribution in [0.1, 0.15) is 24.4 Å². The summed E-state index contributed by atoms with van der Waals surface area (Å²) in [5, 5.41) is 10.7. The first-order valence-corrected chi connectivity index (χ1v) is 10.1. The van der Waals surface area contributed by atoms with Crippen molar-refractivity contribution in [2.45, 2.75) is 25.0 Å². The Morgan fingerprint density at radius 2 is 1.96 bits per heavy atom. The number of imidazole rings is 1. The maximum Gasteiger partial charge on any atom is 0.211 e. The average Bonchev–Trinajstić information content (AvgIpc) is 3.05. The molecule has 4 rings (SSSR count). The van der Waals surface area contributed by atoms with E-state index in [0.29, 0.717) is 25.9 Å². The van der Waals surface area contributed by atoms with Gasteiger partial charge in [0.15, 0.2) is 0 Å². The number of hydrogen-bond acceptors (Lipinski definition) is 4. The van der Waals surface area contributed by atoms with Gasteiger partial charge in [-0.1, -0.05) is 24.3 Å². The number of rotatable bonds is 2. The molecule has 1 unspecified atom stereocenters. The molecule has 3 heterocycles. The Labute approximate surface area is 141 Å². The summed E-state index contributed by atoms with van der Waals surface area (Å²) in [5.41, 5.74) is 3.40. The Morgan fingerprint density at radius 3 is 2.75 bits per heavy atom. The fourth-order valence-corrected chi connectivity index (χ4v) is 4.97. The van der Waals surface area contributed by atoms with Crippen LogP contribution in [-0.2, 0) is 10.0 Å². The SMILES string of the molecule is CS(=O)(=O)N1CC[C@H](C2c3ccccc3-c3cncn32)[C@@H](O)CC1. The van der Waals surface area contributed by atoms with Crippen LogP contribution in [0, 0.1) is 5.92 Å². The van der Waals surface area contributed by atoms with E-state index in [4.69, 9.17) is 0 Å². The number of nitrogens with zero attached hydrogens (tertiary/aromatic N) is 3. The fraction of sp³-hybridized carbons (Fsp3) is 0.471. The molecule has 0 spiro atoms. The molecular weight excluding hydrogens is 326 g/mol. The highest BCUT2D eigenvalue weighted by atomic mass is 32.2. The quantitative estimate of drug-likeness (QED) is 0.893. The van der Waals surface area contributed by atoms with E-state index in [1.807, 2.05) is 24.7 Å². The van der Waals surface area contributed by atoms with Gasteiger partial charge in [-0.05, 0) is 18.4 Å². The summed E-state index contributed by atoms with van der Waals surface area (Å²) >= 11 is 0. The lowest BCUT2D eigenvalue weighted by molar-refractivity contribution is 0.0836. The van der Waals surface area contributed by atoms with Crippen LogP contribution in [0.5, 0.6) is 0 Å². The van der Waals surface area contributed by atoms with Gasteiger partial charge >= 0.3 is 0 Å². The minimum Gasteiger partial charge on any atom is -0.393 e. The van der Waals surface area contributed by atoms with Crippen LogP contribution < -0.4 is 0 Å². The molecule has 0 aliphatic carbocycles. The van der Waals surface area contributed by atoms with Gasteiger partial charge in [-0.15, -0.1) is 0 Å². The first kappa shape index (κ1) is 15.8. The van der Waals surface area contributed by atoms with Crippen molar-refractivity contribution in [3.8, 4) is 11.3 Å². The smallest absolute Gasteiger partial charge is 0.211 e. The van der Waals surface area contributed by atoms with Gasteiger partial charge in [-0.2, -0.15) is 0 Å². The molecule has 2 aliphatic heterocycles. The molecule has 24 heavy (non-hydrogen) atoms. The van der Waals surface area contributed by atoms with Gasteiger partial charge in [0.25, 0.3) is 0 Å². The Hall–Kier alpha value is -1.70. The van der Waals surface area contributed by atoms with Crippen molar-refractivity contribution in [1.82, 2.24) is 13.9 Å². The van der Waals surface area contributed by atoms with Crippen LogP contribution >= 0.6 is 0 Å². The lowest BCUT2D eigenvalue weighted by Crippen LogP contribution is -2.31. The molecule has 2 aliphatic rings. The topological polar surface area (TPSA) is 75.4 Å². The number of fused-ring (bicyclic) bond motifs is 3. The van der Waals surface area contributed by atoms with Crippen LogP contribution in [0.2, 0.25) is 0 Å². The van der Waals surface area contributed by atoms with E-state index in [1.54, 1.807) is 0 Å². The zero-order valence-electron chi connectivity index (χ0n) is 13.5. The molecule has 1 aromatic heterocycles. The standard InChI is InChI=1S/C17H21N3O3S/c1-24(22,23)19-8-6-14(16(21)7-9-19)17-13-5-3-2-4-12(13)15-10-18-11-20(15)17/h2-5,10-11,14,16-17,21H,6-9H2,1H3/t14-,16-,17?/m0/s1. The van der Waals surface area contributed by atoms with Crippen molar-refractivity contribution in [2.75, 3.05) is 19.3 Å². The minimum absolute atomic E-state index is 0.00760. The summed E-state index contributed by atoms with van der Waals surface area (Å²) in [6.45, 7) is 0.824. The Balaban J connectivity index is 1.71. The highest BCUT2D eigenvalue weighted by molar-refractivity contribution is 7.88. The summed E-state index contributed by atoms with van der Waals surface area (Å²) < 4.78 is 27.3. The molecule has 1 N–H and O–H groups in total. The van der Waals surface area contributed by atoms with Crippen LogP contribution in [-0.4, -0.2) is 52.8 Å². The van der Waals surface area contributed by atoms with Gasteiger partial charge in [0.2, 0.25) is 10.0 Å². The van der Waals surface area contributed by atoms with Gasteiger partial charge < -0.3 is 9.67 Å². The Bertz CT molecular complexity index is 861. The predicted octanol–water partition coefficient (Wildman–Crippen LogP) is 1.49. The number of benzene rings is 1. The first-order chi connectivity index (χ1) is 11.5. The van der Waals surface area contributed by atoms with E-state index in [9.17, 15) is 13.5 Å². The van der Waals surface area contributed by atoms with Crippen LogP contribution in [0.25, 0.3) is 11.3 Å². The lowest BCUT2D eigenvalue weighted by atomic mass is 9.85. The van der Waals surface area contributed by atoms with E-state index < -0.39 is 16.1 Å². The number of aromatic nitrogens is 2. The van der Waals surface area contributed by atoms with Crippen molar-refractivity contribution in [3.05, 3.63) is 42.4 Å². The molecule has 0 saturated carbocycles. The van der Waals surface area contributed by atoms with Gasteiger partial charge in [-0.3, -0.25) is 0 Å². The Kier molecular flexibility index (Phi) is 3.74. The molecule has 1 aromatic carbocycles. The predicted molar refractivity (Wildman–Crippen MR) is 90.9 cm³/mol. The van der Waals surface area contributed by atoms with E-state index in [1.165, 1.54) is 16.1 Å². The summed E-state index contributed by atoms with van der Waals surface area (Å²) in [6, 6.07) is 8.20. The van der Waals surface area contributed by atoms with Crippen LogP contribution in [0.4, 0.5) is 0 Å². The highest BCUT2D eigenvalue weighted by Crippen LogP contribution is 2.45. The van der Waals surface area contributed by atoms with Crippen LogP contribution in [0.3, 0.4) is 0 Å². The molecule has 0 radical (unpaired) electrons. The van der Waals surface area contributed by atoms with Gasteiger partial charge in [0.05, 0.1) is 36.6 Å². The summed E-state index contributed by atoms with van der Waals surface area (Å²) in [6.07, 6.45) is 5.45. The number of sulfonamides is 1. The van der Waals surface area contributed by atoms with E-state index in [2.05, 4.69) is 21.7 Å². The number of hydrogen-bond donors (Lipinski definition) is 1. The number of aliphatic hydroxyl groups is 1. The molecular formula is C17H21N3O3S. The zero-order chi connectivity index (χ0) is 16.9. The van der Waals surface area contributed by atoms with Crippen molar-refractivity contribution in [3.63, 3.8) is 0 Å². The van der Waals surface area contributed by atoms with Gasteiger partial charge in [0.1, 0.15) is 0 Å². The van der Waals surface area contributed by atoms with Crippen molar-refractivity contribution in [2.24, 2.45) is 5.92 Å². The Morgan fingerprint density at radius 1 is 1.21 bits per heavy atom. The highest BCUT2D eigenvalue weighted by Gasteiger charge is 2.39. The maximum absolute atomic E-state index is 11.9. The molecule has 128 valence electrons. The molecule has 3 atom stereocenters. The maximum atomic E-state index is 11.9. The van der Waals surface area contributed by atoms with Crippen LogP contribution in [0.15, 0.2) is 36.8 Å². The molecule has 2 aromatic rings. The van der Waals surface area contributed by atoms with Gasteiger partial charge in [0, 0.05) is 24.6 Å². The van der Waals surface area contributed by atoms with Crippen molar-refractivity contribution in [1.29, 1.82) is 0 Å². The third kappa shape index (κ3) is 2.47. The van der Waals surface area contributed by atoms with Gasteiger partial charge in [-0.25, -0.2) is 17.7 Å². The lowest BCUT2D eigenvalue weighted by Gasteiger charge is -2.28. The minimum atomic E-state index is -3.23. The van der Waals surface area contributed by atoms with E-state index in [0.717, 1.165) is 11.3 Å². The number of aliphatic hydroxyl groups excluding tert-OH is 1. The van der Waals surface area contributed by atoms with Crippen molar-refractivity contribution < 1.29 is 13.5 Å². The van der Waals surface area contributed by atoms with Crippen molar-refractivity contribution >= 4 is 10.0 Å². The molecule has 7 heteroatoms. The first-order valence-electron chi connectivity index (χ1n) is 8.21. The summed E-state index contributed by atoms with van der Waals surface area (Å²) in [7, 11) is -3.23. The second kappa shape index (κ2) is 5.68. The monoisotopic (exact) mass is 347 g/mol. The molecule has 1 fully saturated rings. The summed E-state index contributed by atoms with van der Waals surface area (Å²) in [4.78, 5) is 4.27. The zero-order valence-corrected chi connectivity index (χ0v) is 14.4. The third-order valence-corrected chi connectivity index (χ3v) is 6.58. The third-order valence-electron chi connectivity index (χ3n) is 5.28. The fourth-order valence-electron chi connectivity index (χ4n) is 4.10. The molecule has 1 saturated heterocycles. The average molecular weight is 347 g/mol.